The second-order valence-corrected chi connectivity index (χ2v) is 6.71. The van der Waals surface area contributed by atoms with Crippen molar-refractivity contribution in [1.82, 2.24) is 20.0 Å². The molecule has 2 aromatic heterocycles. The zero-order valence-corrected chi connectivity index (χ0v) is 15.8. The lowest BCUT2D eigenvalue weighted by Gasteiger charge is -2.20. The molecule has 0 saturated carbocycles. The molecule has 0 spiro atoms. The molecule has 7 nitrogen and oxygen atoms in total. The van der Waals surface area contributed by atoms with Gasteiger partial charge in [-0.25, -0.2) is 0 Å². The highest BCUT2D eigenvalue weighted by atomic mass is 16.5. The fraction of sp³-hybridized carbons (Fsp3) is 0.350. The van der Waals surface area contributed by atoms with E-state index < -0.39 is 0 Å². The zero-order valence-electron chi connectivity index (χ0n) is 15.8. The van der Waals surface area contributed by atoms with Crippen molar-refractivity contribution in [3.05, 3.63) is 54.7 Å². The average Bonchev–Trinajstić information content (AvgIpc) is 3.36. The zero-order chi connectivity index (χ0) is 19.2. The lowest BCUT2D eigenvalue weighted by Crippen LogP contribution is -2.32. The Morgan fingerprint density at radius 3 is 2.67 bits per heavy atom. The molecular formula is C20H24N4O3. The maximum Gasteiger partial charge on any atom is 0.246 e. The molecule has 0 aliphatic heterocycles. The van der Waals surface area contributed by atoms with Crippen LogP contribution in [0.2, 0.25) is 0 Å². The number of benzene rings is 1. The van der Waals surface area contributed by atoms with Crippen LogP contribution in [0.4, 0.5) is 0 Å². The molecule has 0 saturated heterocycles. The topological polar surface area (TPSA) is 82.2 Å². The molecule has 2 heterocycles. The number of hydrogen-bond donors (Lipinski definition) is 1. The quantitative estimate of drug-likeness (QED) is 0.658. The third-order valence-corrected chi connectivity index (χ3v) is 4.21. The SMILES string of the molecule is COc1ccccc1-c1noc(CNC(=O)[C@@H](CC(C)C)n2cccc2)n1. The van der Waals surface area contributed by atoms with E-state index in [9.17, 15) is 4.79 Å². The van der Waals surface area contributed by atoms with Crippen LogP contribution in [0.25, 0.3) is 11.4 Å². The number of rotatable bonds is 8. The Kier molecular flexibility index (Phi) is 5.90. The van der Waals surface area contributed by atoms with E-state index >= 15 is 0 Å². The standard InChI is InChI=1S/C20H24N4O3/c1-14(2)12-16(24-10-6-7-11-24)20(25)21-13-18-22-19(23-27-18)15-8-4-5-9-17(15)26-3/h4-11,14,16H,12-13H2,1-3H3,(H,21,25)/t16-/m1/s1. The molecule has 0 radical (unpaired) electrons. The third-order valence-electron chi connectivity index (χ3n) is 4.21. The number of aromatic nitrogens is 3. The Morgan fingerprint density at radius 1 is 1.22 bits per heavy atom. The monoisotopic (exact) mass is 368 g/mol. The summed E-state index contributed by atoms with van der Waals surface area (Å²) in [6.45, 7) is 4.37. The van der Waals surface area contributed by atoms with Crippen LogP contribution in [-0.4, -0.2) is 27.7 Å². The highest BCUT2D eigenvalue weighted by Gasteiger charge is 2.21. The Balaban J connectivity index is 1.68. The number of carbonyl (C=O) groups is 1. The molecule has 0 fully saturated rings. The summed E-state index contributed by atoms with van der Waals surface area (Å²) in [5, 5.41) is 6.89. The van der Waals surface area contributed by atoms with Gasteiger partial charge in [-0.2, -0.15) is 4.98 Å². The molecule has 3 aromatic rings. The Hall–Kier alpha value is -3.09. The summed E-state index contributed by atoms with van der Waals surface area (Å²) in [5.74, 6) is 1.76. The summed E-state index contributed by atoms with van der Waals surface area (Å²) in [6, 6.07) is 11.0. The summed E-state index contributed by atoms with van der Waals surface area (Å²) in [6.07, 6.45) is 4.55. The van der Waals surface area contributed by atoms with Crippen LogP contribution < -0.4 is 10.1 Å². The Morgan fingerprint density at radius 2 is 1.96 bits per heavy atom. The molecule has 27 heavy (non-hydrogen) atoms. The molecule has 3 rings (SSSR count). The lowest BCUT2D eigenvalue weighted by molar-refractivity contribution is -0.125. The van der Waals surface area contributed by atoms with Gasteiger partial charge in [-0.3, -0.25) is 4.79 Å². The van der Waals surface area contributed by atoms with Crippen molar-refractivity contribution >= 4 is 5.91 Å². The minimum absolute atomic E-state index is 0.0723. The van der Waals surface area contributed by atoms with E-state index in [1.807, 2.05) is 53.4 Å². The number of nitrogens with zero attached hydrogens (tertiary/aromatic N) is 3. The van der Waals surface area contributed by atoms with Crippen molar-refractivity contribution in [2.75, 3.05) is 7.11 Å². The maximum atomic E-state index is 12.7. The van der Waals surface area contributed by atoms with Crippen molar-refractivity contribution in [2.24, 2.45) is 5.92 Å². The predicted molar refractivity (Wildman–Crippen MR) is 101 cm³/mol. The van der Waals surface area contributed by atoms with Crippen LogP contribution in [-0.2, 0) is 11.3 Å². The van der Waals surface area contributed by atoms with Crippen molar-refractivity contribution in [1.29, 1.82) is 0 Å². The molecule has 0 unspecified atom stereocenters. The summed E-state index contributed by atoms with van der Waals surface area (Å²) < 4.78 is 12.5. The van der Waals surface area contributed by atoms with Gasteiger partial charge in [0.2, 0.25) is 17.6 Å². The van der Waals surface area contributed by atoms with Gasteiger partial charge >= 0.3 is 0 Å². The van der Waals surface area contributed by atoms with Gasteiger partial charge in [-0.15, -0.1) is 0 Å². The van der Waals surface area contributed by atoms with Crippen molar-refractivity contribution in [2.45, 2.75) is 32.9 Å². The number of carbonyl (C=O) groups excluding carboxylic acids is 1. The van der Waals surface area contributed by atoms with Gasteiger partial charge in [-0.1, -0.05) is 31.1 Å². The van der Waals surface area contributed by atoms with Gasteiger partial charge in [-0.05, 0) is 36.6 Å². The number of amides is 1. The van der Waals surface area contributed by atoms with Crippen molar-refractivity contribution < 1.29 is 14.1 Å². The molecule has 0 aliphatic carbocycles. The largest absolute Gasteiger partial charge is 0.496 e. The van der Waals surface area contributed by atoms with E-state index in [1.54, 1.807) is 7.11 Å². The minimum atomic E-state index is -0.267. The first kappa shape index (κ1) is 18.7. The van der Waals surface area contributed by atoms with Crippen molar-refractivity contribution in [3.8, 4) is 17.1 Å². The first-order valence-electron chi connectivity index (χ1n) is 8.94. The van der Waals surface area contributed by atoms with Crippen LogP contribution in [0.1, 0.15) is 32.2 Å². The highest BCUT2D eigenvalue weighted by molar-refractivity contribution is 5.80. The summed E-state index contributed by atoms with van der Waals surface area (Å²) >= 11 is 0. The van der Waals surface area contributed by atoms with E-state index in [0.29, 0.717) is 23.4 Å². The van der Waals surface area contributed by atoms with Gasteiger partial charge in [0.05, 0.1) is 19.2 Å². The summed E-state index contributed by atoms with van der Waals surface area (Å²) in [4.78, 5) is 17.1. The van der Waals surface area contributed by atoms with Gasteiger partial charge in [0.1, 0.15) is 11.8 Å². The molecular weight excluding hydrogens is 344 g/mol. The van der Waals surface area contributed by atoms with Gasteiger partial charge in [0.25, 0.3) is 0 Å². The normalized spacial score (nSPS) is 12.1. The molecule has 0 bridgehead atoms. The van der Waals surface area contributed by atoms with E-state index in [1.165, 1.54) is 0 Å². The fourth-order valence-corrected chi connectivity index (χ4v) is 2.91. The molecule has 0 aliphatic rings. The van der Waals surface area contributed by atoms with Gasteiger partial charge in [0, 0.05) is 12.4 Å². The molecule has 1 amide bonds. The first-order valence-corrected chi connectivity index (χ1v) is 8.94. The van der Waals surface area contributed by atoms with Gasteiger partial charge in [0.15, 0.2) is 0 Å². The maximum absolute atomic E-state index is 12.7. The van der Waals surface area contributed by atoms with Gasteiger partial charge < -0.3 is 19.1 Å². The first-order chi connectivity index (χ1) is 13.1. The average molecular weight is 368 g/mol. The van der Waals surface area contributed by atoms with Crippen LogP contribution >= 0.6 is 0 Å². The van der Waals surface area contributed by atoms with E-state index in [4.69, 9.17) is 9.26 Å². The number of nitrogens with one attached hydrogen (secondary N) is 1. The van der Waals surface area contributed by atoms with Crippen LogP contribution in [0, 0.1) is 5.92 Å². The Bertz CT molecular complexity index is 871. The summed E-state index contributed by atoms with van der Waals surface area (Å²) in [7, 11) is 1.59. The van der Waals surface area contributed by atoms with Crippen LogP contribution in [0.15, 0.2) is 53.3 Å². The highest BCUT2D eigenvalue weighted by Crippen LogP contribution is 2.27. The second kappa shape index (κ2) is 8.53. The molecule has 1 atom stereocenters. The van der Waals surface area contributed by atoms with E-state index in [0.717, 1.165) is 12.0 Å². The van der Waals surface area contributed by atoms with Crippen LogP contribution in [0.3, 0.4) is 0 Å². The number of methoxy groups -OCH3 is 1. The van der Waals surface area contributed by atoms with E-state index in [-0.39, 0.29) is 18.5 Å². The van der Waals surface area contributed by atoms with Crippen LogP contribution in [0.5, 0.6) is 5.75 Å². The molecule has 1 N–H and O–H groups in total. The Labute approximate surface area is 158 Å². The van der Waals surface area contributed by atoms with Crippen molar-refractivity contribution in [3.63, 3.8) is 0 Å². The number of hydrogen-bond acceptors (Lipinski definition) is 5. The predicted octanol–water partition coefficient (Wildman–Crippen LogP) is 3.45. The molecule has 1 aromatic carbocycles. The smallest absolute Gasteiger partial charge is 0.246 e. The molecule has 7 heteroatoms. The second-order valence-electron chi connectivity index (χ2n) is 6.71. The number of ether oxygens (including phenoxy) is 1. The fourth-order valence-electron chi connectivity index (χ4n) is 2.91. The minimum Gasteiger partial charge on any atom is -0.496 e. The third kappa shape index (κ3) is 4.55. The van der Waals surface area contributed by atoms with E-state index in [2.05, 4.69) is 29.3 Å². The molecule has 142 valence electrons. The summed E-state index contributed by atoms with van der Waals surface area (Å²) in [5.41, 5.74) is 0.742. The number of para-hydroxylation sites is 1. The lowest BCUT2D eigenvalue weighted by atomic mass is 10.0.